The summed E-state index contributed by atoms with van der Waals surface area (Å²) in [6.07, 6.45) is 0. The van der Waals surface area contributed by atoms with Crippen LogP contribution in [0.1, 0.15) is 18.5 Å². The van der Waals surface area contributed by atoms with Crippen LogP contribution in [0.25, 0.3) is 0 Å². The molecule has 2 rings (SSSR count). The Balaban J connectivity index is 2.34. The van der Waals surface area contributed by atoms with Gasteiger partial charge in [-0.1, -0.05) is 46.3 Å². The lowest BCUT2D eigenvalue weighted by molar-refractivity contribution is 0.643. The summed E-state index contributed by atoms with van der Waals surface area (Å²) in [6.45, 7) is 3.69. The Morgan fingerprint density at radius 2 is 1.84 bits per heavy atom. The first-order chi connectivity index (χ1) is 9.26. The van der Waals surface area contributed by atoms with Crippen LogP contribution in [0.5, 0.6) is 0 Å². The lowest BCUT2D eigenvalue weighted by Gasteiger charge is -2.32. The molecule has 1 atom stereocenters. The molecule has 0 aliphatic heterocycles. The number of hydrogen-bond acceptors (Lipinski definition) is 2. The van der Waals surface area contributed by atoms with Crippen molar-refractivity contribution in [2.75, 3.05) is 18.0 Å². The second-order valence-corrected chi connectivity index (χ2v) is 5.34. The highest BCUT2D eigenvalue weighted by atomic mass is 79.9. The summed E-state index contributed by atoms with van der Waals surface area (Å²) in [5, 5.41) is 0. The van der Waals surface area contributed by atoms with Crippen LogP contribution in [0.4, 0.5) is 5.69 Å². The highest BCUT2D eigenvalue weighted by Crippen LogP contribution is 2.27. The Hall–Kier alpha value is -1.32. The summed E-state index contributed by atoms with van der Waals surface area (Å²) in [5.74, 6) is 0. The molecule has 19 heavy (non-hydrogen) atoms. The van der Waals surface area contributed by atoms with E-state index >= 15 is 0 Å². The molecule has 0 radical (unpaired) electrons. The Kier molecular flexibility index (Phi) is 5.00. The van der Waals surface area contributed by atoms with E-state index in [1.165, 1.54) is 11.3 Å². The van der Waals surface area contributed by atoms with Crippen LogP contribution in [0.3, 0.4) is 0 Å². The molecule has 0 aliphatic carbocycles. The van der Waals surface area contributed by atoms with E-state index in [1.807, 2.05) is 12.1 Å². The van der Waals surface area contributed by atoms with Crippen molar-refractivity contribution in [1.29, 1.82) is 0 Å². The molecule has 0 saturated carbocycles. The van der Waals surface area contributed by atoms with Gasteiger partial charge in [0.15, 0.2) is 0 Å². The van der Waals surface area contributed by atoms with Crippen LogP contribution >= 0.6 is 15.9 Å². The third kappa shape index (κ3) is 3.37. The standard InChI is InChI=1S/C16H19BrN2/c1-2-19(15-9-4-3-5-10-15)16(12-18)13-7-6-8-14(17)11-13/h3-11,16H,2,12,18H2,1H3. The van der Waals surface area contributed by atoms with E-state index in [0.717, 1.165) is 11.0 Å². The molecular formula is C16H19BrN2. The second-order valence-electron chi connectivity index (χ2n) is 4.43. The van der Waals surface area contributed by atoms with Gasteiger partial charge in [-0.05, 0) is 36.8 Å². The van der Waals surface area contributed by atoms with Gasteiger partial charge in [0.05, 0.1) is 6.04 Å². The predicted octanol–water partition coefficient (Wildman–Crippen LogP) is 3.98. The molecule has 0 fully saturated rings. The minimum absolute atomic E-state index is 0.199. The van der Waals surface area contributed by atoms with Crippen molar-refractivity contribution in [2.24, 2.45) is 5.73 Å². The molecule has 0 spiro atoms. The first-order valence-corrected chi connectivity index (χ1v) is 7.32. The van der Waals surface area contributed by atoms with Crippen LogP contribution in [0.2, 0.25) is 0 Å². The quantitative estimate of drug-likeness (QED) is 0.903. The maximum Gasteiger partial charge on any atom is 0.0665 e. The Bertz CT molecular complexity index is 513. The van der Waals surface area contributed by atoms with E-state index in [-0.39, 0.29) is 6.04 Å². The van der Waals surface area contributed by atoms with Gasteiger partial charge in [-0.25, -0.2) is 0 Å². The Morgan fingerprint density at radius 1 is 1.11 bits per heavy atom. The highest BCUT2D eigenvalue weighted by molar-refractivity contribution is 9.10. The number of benzene rings is 2. The third-order valence-corrected chi connectivity index (χ3v) is 3.75. The molecule has 2 aromatic carbocycles. The summed E-state index contributed by atoms with van der Waals surface area (Å²) < 4.78 is 1.09. The first-order valence-electron chi connectivity index (χ1n) is 6.53. The largest absolute Gasteiger partial charge is 0.363 e. The summed E-state index contributed by atoms with van der Waals surface area (Å²) in [4.78, 5) is 2.34. The maximum atomic E-state index is 6.01. The van der Waals surface area contributed by atoms with Crippen molar-refractivity contribution in [3.05, 3.63) is 64.6 Å². The van der Waals surface area contributed by atoms with E-state index in [4.69, 9.17) is 5.73 Å². The zero-order valence-electron chi connectivity index (χ0n) is 11.1. The van der Waals surface area contributed by atoms with Crippen molar-refractivity contribution in [2.45, 2.75) is 13.0 Å². The smallest absolute Gasteiger partial charge is 0.0665 e. The normalized spacial score (nSPS) is 12.2. The van der Waals surface area contributed by atoms with Crippen molar-refractivity contribution in [3.63, 3.8) is 0 Å². The van der Waals surface area contributed by atoms with Gasteiger partial charge < -0.3 is 10.6 Å². The third-order valence-electron chi connectivity index (χ3n) is 3.26. The first kappa shape index (κ1) is 14.1. The monoisotopic (exact) mass is 318 g/mol. The minimum Gasteiger partial charge on any atom is -0.363 e. The minimum atomic E-state index is 0.199. The molecule has 0 aliphatic rings. The molecule has 0 saturated heterocycles. The molecule has 0 amide bonds. The molecule has 0 aromatic heterocycles. The number of hydrogen-bond donors (Lipinski definition) is 1. The summed E-state index contributed by atoms with van der Waals surface area (Å²) >= 11 is 3.53. The molecular weight excluding hydrogens is 300 g/mol. The average molecular weight is 319 g/mol. The number of anilines is 1. The topological polar surface area (TPSA) is 29.3 Å². The van der Waals surface area contributed by atoms with E-state index in [2.05, 4.69) is 70.2 Å². The highest BCUT2D eigenvalue weighted by Gasteiger charge is 2.18. The number of nitrogens with two attached hydrogens (primary N) is 1. The van der Waals surface area contributed by atoms with Gasteiger partial charge in [-0.2, -0.15) is 0 Å². The molecule has 100 valence electrons. The van der Waals surface area contributed by atoms with E-state index in [9.17, 15) is 0 Å². The molecule has 1 unspecified atom stereocenters. The zero-order chi connectivity index (χ0) is 13.7. The maximum absolute atomic E-state index is 6.01. The van der Waals surface area contributed by atoms with Gasteiger partial charge in [-0.15, -0.1) is 0 Å². The molecule has 0 heterocycles. The van der Waals surface area contributed by atoms with Crippen molar-refractivity contribution in [3.8, 4) is 0 Å². The van der Waals surface area contributed by atoms with E-state index in [0.29, 0.717) is 6.54 Å². The number of nitrogens with zero attached hydrogens (tertiary/aromatic N) is 1. The molecule has 2 N–H and O–H groups in total. The van der Waals surface area contributed by atoms with Crippen molar-refractivity contribution in [1.82, 2.24) is 0 Å². The average Bonchev–Trinajstić information content (AvgIpc) is 2.45. The van der Waals surface area contributed by atoms with Gasteiger partial charge in [0.2, 0.25) is 0 Å². The molecule has 0 bridgehead atoms. The Labute approximate surface area is 123 Å². The number of para-hydroxylation sites is 1. The van der Waals surface area contributed by atoms with Crippen LogP contribution in [0, 0.1) is 0 Å². The van der Waals surface area contributed by atoms with Crippen LogP contribution in [-0.2, 0) is 0 Å². The Morgan fingerprint density at radius 3 is 2.42 bits per heavy atom. The van der Waals surface area contributed by atoms with Gasteiger partial charge >= 0.3 is 0 Å². The van der Waals surface area contributed by atoms with Gasteiger partial charge in [0.1, 0.15) is 0 Å². The lowest BCUT2D eigenvalue weighted by Crippen LogP contribution is -2.33. The van der Waals surface area contributed by atoms with Gasteiger partial charge in [-0.3, -0.25) is 0 Å². The van der Waals surface area contributed by atoms with Gasteiger partial charge in [0, 0.05) is 23.2 Å². The van der Waals surface area contributed by atoms with Gasteiger partial charge in [0.25, 0.3) is 0 Å². The van der Waals surface area contributed by atoms with Crippen molar-refractivity contribution < 1.29 is 0 Å². The summed E-state index contributed by atoms with van der Waals surface area (Å²) in [5.41, 5.74) is 8.46. The number of likely N-dealkylation sites (N-methyl/N-ethyl adjacent to an activating group) is 1. The zero-order valence-corrected chi connectivity index (χ0v) is 12.7. The predicted molar refractivity (Wildman–Crippen MR) is 85.4 cm³/mol. The van der Waals surface area contributed by atoms with Crippen LogP contribution < -0.4 is 10.6 Å². The lowest BCUT2D eigenvalue weighted by atomic mass is 10.0. The fraction of sp³-hybridized carbons (Fsp3) is 0.250. The summed E-state index contributed by atoms with van der Waals surface area (Å²) in [7, 11) is 0. The van der Waals surface area contributed by atoms with Crippen LogP contribution in [-0.4, -0.2) is 13.1 Å². The molecule has 3 heteroatoms. The van der Waals surface area contributed by atoms with E-state index < -0.39 is 0 Å². The fourth-order valence-corrected chi connectivity index (χ4v) is 2.78. The van der Waals surface area contributed by atoms with Crippen molar-refractivity contribution >= 4 is 21.6 Å². The van der Waals surface area contributed by atoms with Crippen LogP contribution in [0.15, 0.2) is 59.1 Å². The number of rotatable bonds is 5. The van der Waals surface area contributed by atoms with E-state index in [1.54, 1.807) is 0 Å². The second kappa shape index (κ2) is 6.73. The summed E-state index contributed by atoms with van der Waals surface area (Å²) in [6, 6.07) is 19.0. The SMILES string of the molecule is CCN(c1ccccc1)C(CN)c1cccc(Br)c1. The number of halogens is 1. The fourth-order valence-electron chi connectivity index (χ4n) is 2.36. The molecule has 2 aromatic rings. The molecule has 2 nitrogen and oxygen atoms in total.